The van der Waals surface area contributed by atoms with Crippen molar-refractivity contribution < 1.29 is 4.74 Å². The fourth-order valence-electron chi connectivity index (χ4n) is 2.32. The zero-order chi connectivity index (χ0) is 14.4. The number of likely N-dealkylation sites (tertiary alicyclic amines) is 1. The number of ether oxygens (including phenoxy) is 1. The molecule has 0 aliphatic carbocycles. The summed E-state index contributed by atoms with van der Waals surface area (Å²) in [4.78, 5) is 15.2. The van der Waals surface area contributed by atoms with E-state index in [1.54, 1.807) is 0 Å². The van der Waals surface area contributed by atoms with Crippen LogP contribution in [0.4, 0.5) is 11.9 Å². The third-order valence-electron chi connectivity index (χ3n) is 3.18. The van der Waals surface area contributed by atoms with Crippen LogP contribution in [-0.4, -0.2) is 59.2 Å². The highest BCUT2D eigenvalue weighted by atomic mass is 16.5. The van der Waals surface area contributed by atoms with Gasteiger partial charge in [-0.3, -0.25) is 0 Å². The molecule has 0 saturated carbocycles. The molecule has 1 aliphatic rings. The van der Waals surface area contributed by atoms with E-state index in [0.717, 1.165) is 26.1 Å². The molecule has 1 fully saturated rings. The first kappa shape index (κ1) is 14.8. The predicted molar refractivity (Wildman–Crippen MR) is 79.3 cm³/mol. The van der Waals surface area contributed by atoms with Crippen molar-refractivity contribution in [3.63, 3.8) is 0 Å². The third kappa shape index (κ3) is 4.19. The Balaban J connectivity index is 2.08. The minimum atomic E-state index is 0.366. The summed E-state index contributed by atoms with van der Waals surface area (Å²) in [5, 5.41) is 6.49. The Labute approximate surface area is 120 Å². The van der Waals surface area contributed by atoms with Crippen LogP contribution < -0.4 is 15.4 Å². The second-order valence-corrected chi connectivity index (χ2v) is 4.97. The summed E-state index contributed by atoms with van der Waals surface area (Å²) in [6.45, 7) is 7.39. The Bertz CT molecular complexity index is 403. The van der Waals surface area contributed by atoms with Crippen LogP contribution in [0, 0.1) is 0 Å². The third-order valence-corrected chi connectivity index (χ3v) is 3.18. The van der Waals surface area contributed by atoms with Gasteiger partial charge in [0.2, 0.25) is 11.9 Å². The smallest absolute Gasteiger partial charge is 0.323 e. The summed E-state index contributed by atoms with van der Waals surface area (Å²) in [6.07, 6.45) is 2.33. The molecule has 1 aromatic rings. The quantitative estimate of drug-likeness (QED) is 0.811. The van der Waals surface area contributed by atoms with Gasteiger partial charge in [-0.15, -0.1) is 0 Å². The molecule has 7 nitrogen and oxygen atoms in total. The fourth-order valence-corrected chi connectivity index (χ4v) is 2.32. The number of nitrogens with one attached hydrogen (secondary N) is 2. The standard InChI is InChI=1S/C13H24N6O/c1-4-14-11-16-12(18-13(17-11)20-5-2)15-10-7-6-8-19(3)9-10/h10H,4-9H2,1-3H3,(H2,14,15,16,17,18). The van der Waals surface area contributed by atoms with Crippen LogP contribution in [0.15, 0.2) is 0 Å². The number of rotatable bonds is 6. The molecule has 7 heteroatoms. The molecule has 1 saturated heterocycles. The van der Waals surface area contributed by atoms with E-state index in [1.807, 2.05) is 13.8 Å². The lowest BCUT2D eigenvalue weighted by atomic mass is 10.1. The van der Waals surface area contributed by atoms with Gasteiger partial charge < -0.3 is 20.3 Å². The van der Waals surface area contributed by atoms with Gasteiger partial charge >= 0.3 is 6.01 Å². The maximum absolute atomic E-state index is 5.39. The second kappa shape index (κ2) is 7.23. The number of piperidine rings is 1. The molecule has 0 aromatic carbocycles. The highest BCUT2D eigenvalue weighted by Crippen LogP contribution is 2.15. The highest BCUT2D eigenvalue weighted by Gasteiger charge is 2.18. The second-order valence-electron chi connectivity index (χ2n) is 4.97. The topological polar surface area (TPSA) is 75.2 Å². The molecule has 0 bridgehead atoms. The molecule has 1 atom stereocenters. The van der Waals surface area contributed by atoms with Gasteiger partial charge in [0.05, 0.1) is 6.61 Å². The van der Waals surface area contributed by atoms with Gasteiger partial charge in [-0.25, -0.2) is 0 Å². The summed E-state index contributed by atoms with van der Waals surface area (Å²) in [7, 11) is 2.14. The van der Waals surface area contributed by atoms with Crippen molar-refractivity contribution in [3.05, 3.63) is 0 Å². The van der Waals surface area contributed by atoms with Gasteiger partial charge in [0.15, 0.2) is 0 Å². The molecule has 2 rings (SSSR count). The van der Waals surface area contributed by atoms with Crippen LogP contribution in [0.3, 0.4) is 0 Å². The number of nitrogens with zero attached hydrogens (tertiary/aromatic N) is 4. The number of hydrogen-bond acceptors (Lipinski definition) is 7. The maximum atomic E-state index is 5.39. The van der Waals surface area contributed by atoms with E-state index in [2.05, 4.69) is 37.5 Å². The molecule has 2 heterocycles. The van der Waals surface area contributed by atoms with Gasteiger partial charge in [-0.2, -0.15) is 15.0 Å². The van der Waals surface area contributed by atoms with E-state index in [-0.39, 0.29) is 0 Å². The molecule has 2 N–H and O–H groups in total. The Morgan fingerprint density at radius 2 is 2.05 bits per heavy atom. The molecule has 1 aliphatic heterocycles. The largest absolute Gasteiger partial charge is 0.464 e. The first-order valence-electron chi connectivity index (χ1n) is 7.29. The predicted octanol–water partition coefficient (Wildman–Crippen LogP) is 1.21. The van der Waals surface area contributed by atoms with Crippen molar-refractivity contribution >= 4 is 11.9 Å². The van der Waals surface area contributed by atoms with Crippen molar-refractivity contribution in [1.29, 1.82) is 0 Å². The monoisotopic (exact) mass is 280 g/mol. The van der Waals surface area contributed by atoms with E-state index >= 15 is 0 Å². The first-order chi connectivity index (χ1) is 9.71. The lowest BCUT2D eigenvalue weighted by molar-refractivity contribution is 0.260. The Morgan fingerprint density at radius 3 is 2.75 bits per heavy atom. The van der Waals surface area contributed by atoms with Gasteiger partial charge in [0.25, 0.3) is 0 Å². The van der Waals surface area contributed by atoms with E-state index in [9.17, 15) is 0 Å². The lowest BCUT2D eigenvalue weighted by Crippen LogP contribution is -2.40. The molecular formula is C13H24N6O. The zero-order valence-corrected chi connectivity index (χ0v) is 12.5. The molecule has 0 spiro atoms. The summed E-state index contributed by atoms with van der Waals surface area (Å²) >= 11 is 0. The number of likely N-dealkylation sites (N-methyl/N-ethyl adjacent to an activating group) is 1. The van der Waals surface area contributed by atoms with E-state index in [4.69, 9.17) is 4.74 Å². The number of hydrogen-bond donors (Lipinski definition) is 2. The van der Waals surface area contributed by atoms with Gasteiger partial charge in [-0.05, 0) is 40.3 Å². The normalized spacial score (nSPS) is 19.6. The fraction of sp³-hybridized carbons (Fsp3) is 0.769. The SMILES string of the molecule is CCNc1nc(NC2CCCN(C)C2)nc(OCC)n1. The van der Waals surface area contributed by atoms with Crippen molar-refractivity contribution in [2.75, 3.05) is 43.9 Å². The molecule has 0 amide bonds. The van der Waals surface area contributed by atoms with E-state index in [1.165, 1.54) is 6.42 Å². The Hall–Kier alpha value is -1.63. The van der Waals surface area contributed by atoms with Crippen LogP contribution in [0.1, 0.15) is 26.7 Å². The zero-order valence-electron chi connectivity index (χ0n) is 12.5. The summed E-state index contributed by atoms with van der Waals surface area (Å²) in [5.74, 6) is 1.14. The van der Waals surface area contributed by atoms with Gasteiger partial charge in [0.1, 0.15) is 0 Å². The van der Waals surface area contributed by atoms with E-state index < -0.39 is 0 Å². The van der Waals surface area contributed by atoms with Crippen LogP contribution >= 0.6 is 0 Å². The Kier molecular flexibility index (Phi) is 5.34. The maximum Gasteiger partial charge on any atom is 0.323 e. The summed E-state index contributed by atoms with van der Waals surface area (Å²) < 4.78 is 5.39. The van der Waals surface area contributed by atoms with Crippen LogP contribution in [-0.2, 0) is 0 Å². The molecule has 0 radical (unpaired) electrons. The van der Waals surface area contributed by atoms with Gasteiger partial charge in [-0.1, -0.05) is 0 Å². The van der Waals surface area contributed by atoms with Crippen molar-refractivity contribution in [2.45, 2.75) is 32.7 Å². The lowest BCUT2D eigenvalue weighted by Gasteiger charge is -2.30. The number of aromatic nitrogens is 3. The summed E-state index contributed by atoms with van der Waals surface area (Å²) in [5.41, 5.74) is 0. The van der Waals surface area contributed by atoms with Crippen molar-refractivity contribution in [3.8, 4) is 6.01 Å². The first-order valence-corrected chi connectivity index (χ1v) is 7.29. The molecule has 112 valence electrons. The Morgan fingerprint density at radius 1 is 1.25 bits per heavy atom. The van der Waals surface area contributed by atoms with Crippen molar-refractivity contribution in [1.82, 2.24) is 19.9 Å². The highest BCUT2D eigenvalue weighted by molar-refractivity contribution is 5.36. The van der Waals surface area contributed by atoms with E-state index in [0.29, 0.717) is 30.6 Å². The minimum absolute atomic E-state index is 0.366. The summed E-state index contributed by atoms with van der Waals surface area (Å²) in [6, 6.07) is 0.741. The number of anilines is 2. The average Bonchev–Trinajstić information content (AvgIpc) is 2.39. The van der Waals surface area contributed by atoms with Crippen LogP contribution in [0.5, 0.6) is 6.01 Å². The minimum Gasteiger partial charge on any atom is -0.464 e. The average molecular weight is 280 g/mol. The molecular weight excluding hydrogens is 256 g/mol. The molecule has 1 aromatic heterocycles. The van der Waals surface area contributed by atoms with Crippen LogP contribution in [0.25, 0.3) is 0 Å². The van der Waals surface area contributed by atoms with Crippen molar-refractivity contribution in [2.24, 2.45) is 0 Å². The van der Waals surface area contributed by atoms with Crippen LogP contribution in [0.2, 0.25) is 0 Å². The molecule has 20 heavy (non-hydrogen) atoms. The van der Waals surface area contributed by atoms with Gasteiger partial charge in [0, 0.05) is 19.1 Å². The molecule has 1 unspecified atom stereocenters.